The Morgan fingerprint density at radius 1 is 1.33 bits per heavy atom. The van der Waals surface area contributed by atoms with Crippen LogP contribution in [-0.2, 0) is 16.0 Å². The fraction of sp³-hybridized carbons (Fsp3) is 0.467. The third kappa shape index (κ3) is 6.76. The van der Waals surface area contributed by atoms with Gasteiger partial charge in [-0.15, -0.1) is 0 Å². The summed E-state index contributed by atoms with van der Waals surface area (Å²) < 4.78 is 5.13. The summed E-state index contributed by atoms with van der Waals surface area (Å²) in [6, 6.07) is 9.35. The smallest absolute Gasteiger partial charge is 0.317 e. The molecule has 1 unspecified atom stereocenters. The van der Waals surface area contributed by atoms with Gasteiger partial charge in [-0.1, -0.05) is 30.3 Å². The van der Waals surface area contributed by atoms with E-state index < -0.39 is 5.97 Å². The molecule has 0 aromatic heterocycles. The first-order chi connectivity index (χ1) is 10.0. The largest absolute Gasteiger partial charge is 0.481 e. The number of hydrogen-bond donors (Lipinski definition) is 2. The van der Waals surface area contributed by atoms with Gasteiger partial charge in [0.2, 0.25) is 0 Å². The molecule has 0 aliphatic rings. The number of ether oxygens (including phenoxy) is 1. The number of rotatable bonds is 8. The van der Waals surface area contributed by atoms with Gasteiger partial charge < -0.3 is 20.1 Å². The fourth-order valence-corrected chi connectivity index (χ4v) is 1.90. The third-order valence-corrected chi connectivity index (χ3v) is 3.03. The number of carbonyl (C=O) groups is 2. The van der Waals surface area contributed by atoms with Gasteiger partial charge >= 0.3 is 12.0 Å². The van der Waals surface area contributed by atoms with E-state index in [1.165, 1.54) is 4.90 Å². The molecule has 1 aromatic carbocycles. The van der Waals surface area contributed by atoms with Crippen molar-refractivity contribution in [1.82, 2.24) is 10.2 Å². The lowest BCUT2D eigenvalue weighted by atomic mass is 10.1. The molecule has 116 valence electrons. The number of amides is 2. The maximum absolute atomic E-state index is 12.0. The molecule has 21 heavy (non-hydrogen) atoms. The van der Waals surface area contributed by atoms with Crippen LogP contribution in [-0.4, -0.2) is 55.4 Å². The SMILES string of the molecule is COCC(Cc1ccccc1)NC(=O)N(C)CCC(=O)O. The van der Waals surface area contributed by atoms with Gasteiger partial charge in [-0.3, -0.25) is 4.79 Å². The average Bonchev–Trinajstić information content (AvgIpc) is 2.45. The van der Waals surface area contributed by atoms with Crippen LogP contribution >= 0.6 is 0 Å². The lowest BCUT2D eigenvalue weighted by Crippen LogP contribution is -2.46. The fourth-order valence-electron chi connectivity index (χ4n) is 1.90. The lowest BCUT2D eigenvalue weighted by Gasteiger charge is -2.23. The quantitative estimate of drug-likeness (QED) is 0.759. The van der Waals surface area contributed by atoms with Gasteiger partial charge in [0.25, 0.3) is 0 Å². The molecule has 0 heterocycles. The molecule has 0 bridgehead atoms. The predicted molar refractivity (Wildman–Crippen MR) is 79.2 cm³/mol. The molecule has 2 amide bonds. The van der Waals surface area contributed by atoms with Crippen molar-refractivity contribution in [3.05, 3.63) is 35.9 Å². The van der Waals surface area contributed by atoms with E-state index in [9.17, 15) is 9.59 Å². The standard InChI is InChI=1S/C15H22N2O4/c1-17(9-8-14(18)19)15(20)16-13(11-21-2)10-12-6-4-3-5-7-12/h3-7,13H,8-11H2,1-2H3,(H,16,20)(H,18,19). The zero-order valence-electron chi connectivity index (χ0n) is 12.4. The molecule has 1 atom stereocenters. The summed E-state index contributed by atoms with van der Waals surface area (Å²) in [6.45, 7) is 0.569. The number of nitrogens with one attached hydrogen (secondary N) is 1. The molecular weight excluding hydrogens is 272 g/mol. The van der Waals surface area contributed by atoms with Gasteiger partial charge in [-0.2, -0.15) is 0 Å². The second-order valence-corrected chi connectivity index (χ2v) is 4.86. The lowest BCUT2D eigenvalue weighted by molar-refractivity contribution is -0.137. The molecule has 0 saturated heterocycles. The maximum atomic E-state index is 12.0. The second-order valence-electron chi connectivity index (χ2n) is 4.86. The van der Waals surface area contributed by atoms with E-state index in [4.69, 9.17) is 9.84 Å². The maximum Gasteiger partial charge on any atom is 0.317 e. The number of carbonyl (C=O) groups excluding carboxylic acids is 1. The van der Waals surface area contributed by atoms with Crippen molar-refractivity contribution in [1.29, 1.82) is 0 Å². The van der Waals surface area contributed by atoms with E-state index in [0.717, 1.165) is 5.56 Å². The minimum absolute atomic E-state index is 0.0719. The molecular formula is C15H22N2O4. The Bertz CT molecular complexity index is 450. The number of urea groups is 1. The van der Waals surface area contributed by atoms with Gasteiger partial charge in [0, 0.05) is 20.7 Å². The first kappa shape index (κ1) is 17.0. The van der Waals surface area contributed by atoms with Crippen molar-refractivity contribution < 1.29 is 19.4 Å². The zero-order chi connectivity index (χ0) is 15.7. The third-order valence-electron chi connectivity index (χ3n) is 3.03. The number of benzene rings is 1. The van der Waals surface area contributed by atoms with Crippen LogP contribution in [0.25, 0.3) is 0 Å². The Balaban J connectivity index is 2.53. The van der Waals surface area contributed by atoms with Gasteiger partial charge in [-0.25, -0.2) is 4.79 Å². The highest BCUT2D eigenvalue weighted by Crippen LogP contribution is 2.04. The molecule has 0 saturated carbocycles. The van der Waals surface area contributed by atoms with Gasteiger partial charge in [0.15, 0.2) is 0 Å². The summed E-state index contributed by atoms with van der Waals surface area (Å²) in [6.07, 6.45) is 0.588. The zero-order valence-corrected chi connectivity index (χ0v) is 12.4. The van der Waals surface area contributed by atoms with Crippen LogP contribution < -0.4 is 5.32 Å². The second kappa shape index (κ2) is 8.97. The minimum Gasteiger partial charge on any atom is -0.481 e. The number of hydrogen-bond acceptors (Lipinski definition) is 3. The van der Waals surface area contributed by atoms with Crippen LogP contribution in [0.3, 0.4) is 0 Å². The summed E-state index contributed by atoms with van der Waals surface area (Å²) in [5, 5.41) is 11.5. The summed E-state index contributed by atoms with van der Waals surface area (Å²) >= 11 is 0. The van der Waals surface area contributed by atoms with Crippen molar-refractivity contribution in [3.8, 4) is 0 Å². The molecule has 0 spiro atoms. The van der Waals surface area contributed by atoms with Gasteiger partial charge in [0.05, 0.1) is 19.1 Å². The molecule has 6 heteroatoms. The molecule has 1 aromatic rings. The number of aliphatic carboxylic acids is 1. The van der Waals surface area contributed by atoms with Gasteiger partial charge in [0.1, 0.15) is 0 Å². The number of carboxylic acids is 1. The van der Waals surface area contributed by atoms with Crippen LogP contribution in [0, 0.1) is 0 Å². The van der Waals surface area contributed by atoms with Gasteiger partial charge in [-0.05, 0) is 12.0 Å². The van der Waals surface area contributed by atoms with E-state index in [2.05, 4.69) is 5.32 Å². The van der Waals surface area contributed by atoms with E-state index in [1.807, 2.05) is 30.3 Å². The average molecular weight is 294 g/mol. The monoisotopic (exact) mass is 294 g/mol. The molecule has 0 radical (unpaired) electrons. The Morgan fingerprint density at radius 3 is 2.57 bits per heavy atom. The normalized spacial score (nSPS) is 11.7. The predicted octanol–water partition coefficient (Wildman–Crippen LogP) is 1.36. The molecule has 2 N–H and O–H groups in total. The van der Waals surface area contributed by atoms with Crippen LogP contribution in [0.1, 0.15) is 12.0 Å². The number of methoxy groups -OCH3 is 1. The van der Waals surface area contributed by atoms with E-state index in [0.29, 0.717) is 13.0 Å². The Morgan fingerprint density at radius 2 is 2.00 bits per heavy atom. The molecule has 0 aliphatic heterocycles. The van der Waals surface area contributed by atoms with Crippen LogP contribution in [0.5, 0.6) is 0 Å². The minimum atomic E-state index is -0.924. The van der Waals surface area contributed by atoms with Crippen molar-refractivity contribution >= 4 is 12.0 Å². The highest BCUT2D eigenvalue weighted by atomic mass is 16.5. The summed E-state index contributed by atoms with van der Waals surface area (Å²) in [5.41, 5.74) is 1.10. The first-order valence-electron chi connectivity index (χ1n) is 6.79. The van der Waals surface area contributed by atoms with Crippen LogP contribution in [0.4, 0.5) is 4.79 Å². The van der Waals surface area contributed by atoms with Crippen molar-refractivity contribution in [3.63, 3.8) is 0 Å². The van der Waals surface area contributed by atoms with E-state index in [-0.39, 0.29) is 25.0 Å². The Hall–Kier alpha value is -2.08. The van der Waals surface area contributed by atoms with E-state index in [1.54, 1.807) is 14.2 Å². The molecule has 0 fully saturated rings. The summed E-state index contributed by atoms with van der Waals surface area (Å²) in [4.78, 5) is 23.9. The summed E-state index contributed by atoms with van der Waals surface area (Å²) in [5.74, 6) is -0.924. The molecule has 0 aliphatic carbocycles. The molecule has 6 nitrogen and oxygen atoms in total. The Kier molecular flexibility index (Phi) is 7.25. The topological polar surface area (TPSA) is 78.9 Å². The first-order valence-corrected chi connectivity index (χ1v) is 6.79. The van der Waals surface area contributed by atoms with Crippen LogP contribution in [0.2, 0.25) is 0 Å². The number of nitrogens with zero attached hydrogens (tertiary/aromatic N) is 1. The highest BCUT2D eigenvalue weighted by molar-refractivity contribution is 5.75. The number of carboxylic acid groups (broad SMARTS) is 1. The van der Waals surface area contributed by atoms with Crippen molar-refractivity contribution in [2.24, 2.45) is 0 Å². The summed E-state index contributed by atoms with van der Waals surface area (Å²) in [7, 11) is 3.16. The highest BCUT2D eigenvalue weighted by Gasteiger charge is 2.16. The van der Waals surface area contributed by atoms with Crippen LogP contribution in [0.15, 0.2) is 30.3 Å². The Labute approximate surface area is 124 Å². The molecule has 1 rings (SSSR count). The van der Waals surface area contributed by atoms with Crippen molar-refractivity contribution in [2.75, 3.05) is 27.3 Å². The van der Waals surface area contributed by atoms with Crippen molar-refractivity contribution in [2.45, 2.75) is 18.9 Å². The van der Waals surface area contributed by atoms with E-state index >= 15 is 0 Å².